The quantitative estimate of drug-likeness (QED) is 0.738. The Morgan fingerprint density at radius 2 is 1.88 bits per heavy atom. The second-order valence-corrected chi connectivity index (χ2v) is 4.97. The lowest BCUT2D eigenvalue weighted by Gasteiger charge is -2.11. The van der Waals surface area contributed by atoms with Crippen LogP contribution in [0.15, 0.2) is 54.9 Å². The van der Waals surface area contributed by atoms with Crippen LogP contribution in [-0.2, 0) is 0 Å². The van der Waals surface area contributed by atoms with Crippen molar-refractivity contribution in [3.8, 4) is 40.4 Å². The third kappa shape index (κ3) is 2.79. The summed E-state index contributed by atoms with van der Waals surface area (Å²) in [5.74, 6) is 0.590. The molecular weight excluding hydrogens is 300 g/mol. The summed E-state index contributed by atoms with van der Waals surface area (Å²) in [6.07, 6.45) is 3.17. The zero-order valence-corrected chi connectivity index (χ0v) is 12.9. The van der Waals surface area contributed by atoms with Crippen LogP contribution in [0.4, 0.5) is 0 Å². The van der Waals surface area contributed by atoms with E-state index in [-0.39, 0.29) is 0 Å². The minimum absolute atomic E-state index is 0.331. The van der Waals surface area contributed by atoms with Gasteiger partial charge in [0.2, 0.25) is 0 Å². The van der Waals surface area contributed by atoms with Crippen molar-refractivity contribution in [3.05, 3.63) is 66.0 Å². The zero-order chi connectivity index (χ0) is 16.9. The topological polar surface area (TPSA) is 82.6 Å². The lowest BCUT2D eigenvalue weighted by atomic mass is 10.0. The van der Waals surface area contributed by atoms with E-state index < -0.39 is 0 Å². The van der Waals surface area contributed by atoms with E-state index in [9.17, 15) is 5.26 Å². The molecule has 0 unspecified atom stereocenters. The fourth-order valence-corrected chi connectivity index (χ4v) is 2.41. The van der Waals surface area contributed by atoms with Crippen LogP contribution in [0.2, 0.25) is 0 Å². The molecule has 5 heteroatoms. The molecule has 0 N–H and O–H groups in total. The molecule has 3 rings (SSSR count). The number of ether oxygens (including phenoxy) is 1. The van der Waals surface area contributed by atoms with Crippen LogP contribution in [0, 0.1) is 22.7 Å². The van der Waals surface area contributed by atoms with E-state index >= 15 is 0 Å². The van der Waals surface area contributed by atoms with Gasteiger partial charge in [0.05, 0.1) is 29.6 Å². The summed E-state index contributed by atoms with van der Waals surface area (Å²) < 4.78 is 5.48. The first-order valence-electron chi connectivity index (χ1n) is 7.17. The smallest absolute Gasteiger partial charge is 0.128 e. The molecule has 1 aromatic carbocycles. The number of benzene rings is 1. The van der Waals surface area contributed by atoms with E-state index in [2.05, 4.69) is 16.0 Å². The monoisotopic (exact) mass is 312 g/mol. The molecular formula is C19H12N4O. The first-order valence-corrected chi connectivity index (χ1v) is 7.17. The average molecular weight is 312 g/mol. The van der Waals surface area contributed by atoms with Crippen LogP contribution >= 0.6 is 0 Å². The van der Waals surface area contributed by atoms with Crippen molar-refractivity contribution in [2.75, 3.05) is 7.11 Å². The van der Waals surface area contributed by atoms with Crippen molar-refractivity contribution >= 4 is 0 Å². The highest BCUT2D eigenvalue weighted by atomic mass is 16.5. The Kier molecular flexibility index (Phi) is 4.18. The fourth-order valence-electron chi connectivity index (χ4n) is 2.41. The van der Waals surface area contributed by atoms with E-state index in [1.807, 2.05) is 42.5 Å². The van der Waals surface area contributed by atoms with Crippen molar-refractivity contribution in [1.82, 2.24) is 9.97 Å². The second kappa shape index (κ2) is 6.60. The Morgan fingerprint density at radius 3 is 2.54 bits per heavy atom. The molecule has 0 saturated carbocycles. The normalized spacial score (nSPS) is 9.79. The van der Waals surface area contributed by atoms with Gasteiger partial charge in [-0.15, -0.1) is 0 Å². The Bertz CT molecular complexity index is 969. The average Bonchev–Trinajstić information content (AvgIpc) is 2.67. The molecule has 0 aliphatic heterocycles. The van der Waals surface area contributed by atoms with Crippen LogP contribution < -0.4 is 4.74 Å². The number of rotatable bonds is 3. The second-order valence-electron chi connectivity index (χ2n) is 4.97. The van der Waals surface area contributed by atoms with Gasteiger partial charge in [-0.05, 0) is 30.3 Å². The van der Waals surface area contributed by atoms with Gasteiger partial charge in [0.15, 0.2) is 0 Å². The highest BCUT2D eigenvalue weighted by Crippen LogP contribution is 2.34. The van der Waals surface area contributed by atoms with Crippen molar-refractivity contribution in [2.45, 2.75) is 0 Å². The van der Waals surface area contributed by atoms with Gasteiger partial charge in [0.25, 0.3) is 0 Å². The zero-order valence-electron chi connectivity index (χ0n) is 12.9. The number of methoxy groups -OCH3 is 1. The van der Waals surface area contributed by atoms with Gasteiger partial charge in [-0.1, -0.05) is 12.1 Å². The molecule has 2 heterocycles. The predicted octanol–water partition coefficient (Wildman–Crippen LogP) is 3.56. The number of aromatic nitrogens is 2. The van der Waals surface area contributed by atoms with Gasteiger partial charge in [0.1, 0.15) is 17.9 Å². The standard InChI is InChI=1S/C19H12N4O/c1-24-18-9-14(17-4-2-3-7-22-17)5-6-16(18)19-15(11-21)8-13(10-20)12-23-19/h2-9,12H,1H3. The summed E-state index contributed by atoms with van der Waals surface area (Å²) in [7, 11) is 1.57. The lowest BCUT2D eigenvalue weighted by Crippen LogP contribution is -1.95. The number of nitriles is 2. The Hall–Kier alpha value is -3.70. The van der Waals surface area contributed by atoms with E-state index in [4.69, 9.17) is 10.00 Å². The highest BCUT2D eigenvalue weighted by Gasteiger charge is 2.14. The van der Waals surface area contributed by atoms with E-state index in [1.165, 1.54) is 12.3 Å². The molecule has 0 saturated heterocycles. The molecule has 0 spiro atoms. The van der Waals surface area contributed by atoms with Crippen molar-refractivity contribution in [3.63, 3.8) is 0 Å². The molecule has 0 radical (unpaired) electrons. The van der Waals surface area contributed by atoms with Crippen LogP contribution in [0.25, 0.3) is 22.5 Å². The van der Waals surface area contributed by atoms with Crippen LogP contribution in [0.1, 0.15) is 11.1 Å². The molecule has 2 aromatic heterocycles. The van der Waals surface area contributed by atoms with Crippen molar-refractivity contribution in [1.29, 1.82) is 10.5 Å². The van der Waals surface area contributed by atoms with Gasteiger partial charge in [-0.25, -0.2) is 0 Å². The lowest BCUT2D eigenvalue weighted by molar-refractivity contribution is 0.416. The summed E-state index contributed by atoms with van der Waals surface area (Å²) in [6.45, 7) is 0. The predicted molar refractivity (Wildman–Crippen MR) is 88.9 cm³/mol. The third-order valence-electron chi connectivity index (χ3n) is 3.55. The Balaban J connectivity index is 2.13. The molecule has 3 aromatic rings. The number of hydrogen-bond donors (Lipinski definition) is 0. The van der Waals surface area contributed by atoms with Gasteiger partial charge in [0, 0.05) is 23.5 Å². The van der Waals surface area contributed by atoms with Gasteiger partial charge >= 0.3 is 0 Å². The maximum absolute atomic E-state index is 9.35. The summed E-state index contributed by atoms with van der Waals surface area (Å²) >= 11 is 0. The van der Waals surface area contributed by atoms with Crippen LogP contribution in [0.3, 0.4) is 0 Å². The minimum atomic E-state index is 0.331. The van der Waals surface area contributed by atoms with E-state index in [0.717, 1.165) is 11.3 Å². The number of pyridine rings is 2. The van der Waals surface area contributed by atoms with E-state index in [1.54, 1.807) is 13.3 Å². The first kappa shape index (κ1) is 15.2. The van der Waals surface area contributed by atoms with Gasteiger partial charge < -0.3 is 4.74 Å². The molecule has 5 nitrogen and oxygen atoms in total. The summed E-state index contributed by atoms with van der Waals surface area (Å²) in [6, 6.07) is 16.9. The van der Waals surface area contributed by atoms with E-state index in [0.29, 0.717) is 28.1 Å². The Labute approximate surface area is 139 Å². The molecule has 0 atom stereocenters. The maximum Gasteiger partial charge on any atom is 0.128 e. The third-order valence-corrected chi connectivity index (χ3v) is 3.55. The molecule has 0 bridgehead atoms. The largest absolute Gasteiger partial charge is 0.496 e. The fraction of sp³-hybridized carbons (Fsp3) is 0.0526. The summed E-state index contributed by atoms with van der Waals surface area (Å²) in [5.41, 5.74) is 3.59. The molecule has 114 valence electrons. The number of hydrogen-bond acceptors (Lipinski definition) is 5. The van der Waals surface area contributed by atoms with Crippen molar-refractivity contribution < 1.29 is 4.74 Å². The summed E-state index contributed by atoms with van der Waals surface area (Å²) in [4.78, 5) is 8.58. The van der Waals surface area contributed by atoms with Crippen LogP contribution in [0.5, 0.6) is 5.75 Å². The number of nitrogens with zero attached hydrogens (tertiary/aromatic N) is 4. The van der Waals surface area contributed by atoms with Gasteiger partial charge in [-0.3, -0.25) is 9.97 Å². The first-order chi connectivity index (χ1) is 11.8. The molecule has 0 aliphatic rings. The molecule has 0 aliphatic carbocycles. The SMILES string of the molecule is COc1cc(-c2ccccn2)ccc1-c1ncc(C#N)cc1C#N. The van der Waals surface area contributed by atoms with Crippen molar-refractivity contribution in [2.24, 2.45) is 0 Å². The molecule has 0 amide bonds. The maximum atomic E-state index is 9.35. The van der Waals surface area contributed by atoms with Crippen LogP contribution in [-0.4, -0.2) is 17.1 Å². The van der Waals surface area contributed by atoms with Gasteiger partial charge in [-0.2, -0.15) is 10.5 Å². The molecule has 24 heavy (non-hydrogen) atoms. The minimum Gasteiger partial charge on any atom is -0.496 e. The summed E-state index contributed by atoms with van der Waals surface area (Å²) in [5, 5.41) is 18.3. The Morgan fingerprint density at radius 1 is 1.00 bits per heavy atom. The highest BCUT2D eigenvalue weighted by molar-refractivity contribution is 5.76. The molecule has 0 fully saturated rings.